The van der Waals surface area contributed by atoms with Crippen molar-refractivity contribution in [1.29, 1.82) is 0 Å². The topological polar surface area (TPSA) is 49.9 Å². The Morgan fingerprint density at radius 2 is 1.53 bits per heavy atom. The summed E-state index contributed by atoms with van der Waals surface area (Å²) in [5.41, 5.74) is 2.58. The van der Waals surface area contributed by atoms with E-state index in [0.29, 0.717) is 17.1 Å². The number of hydroxylamine groups is 1. The van der Waals surface area contributed by atoms with Crippen LogP contribution in [-0.4, -0.2) is 31.7 Å². The van der Waals surface area contributed by atoms with Crippen molar-refractivity contribution >= 4 is 21.6 Å². The van der Waals surface area contributed by atoms with Gasteiger partial charge in [-0.05, 0) is 41.8 Å². The monoisotopic (exact) mass is 442 g/mol. The van der Waals surface area contributed by atoms with Crippen molar-refractivity contribution in [3.63, 3.8) is 0 Å². The molecule has 0 aromatic heterocycles. The number of hydrogen-bond acceptors (Lipinski definition) is 4. The highest BCUT2D eigenvalue weighted by Gasteiger charge is 2.49. The standard InChI is InChI=1S/C23H23ClN2O3S/c1-17-8-6-7-11-22(17)30(27,28)26-23(19-12-14-20(24)15-13-19)21(16-25(26)29-2)18-9-4-3-5-10-18/h3-15,21,23H,16H2,1-2H3. The molecule has 0 N–H and O–H groups in total. The molecule has 5 nitrogen and oxygen atoms in total. The number of sulfonamides is 1. The highest BCUT2D eigenvalue weighted by Crippen LogP contribution is 2.46. The van der Waals surface area contributed by atoms with Gasteiger partial charge in [0, 0.05) is 10.9 Å². The van der Waals surface area contributed by atoms with E-state index in [2.05, 4.69) is 0 Å². The van der Waals surface area contributed by atoms with Gasteiger partial charge >= 0.3 is 0 Å². The molecule has 0 amide bonds. The van der Waals surface area contributed by atoms with Gasteiger partial charge < -0.3 is 0 Å². The molecule has 0 spiro atoms. The van der Waals surface area contributed by atoms with E-state index in [9.17, 15) is 8.42 Å². The van der Waals surface area contributed by atoms with Gasteiger partial charge in [-0.15, -0.1) is 5.17 Å². The molecular formula is C23H23ClN2O3S. The van der Waals surface area contributed by atoms with E-state index < -0.39 is 16.1 Å². The zero-order chi connectivity index (χ0) is 21.3. The first-order valence-corrected chi connectivity index (χ1v) is 11.5. The van der Waals surface area contributed by atoms with Crippen LogP contribution in [0.15, 0.2) is 83.8 Å². The third kappa shape index (κ3) is 3.77. The normalized spacial score (nSPS) is 20.5. The third-order valence-electron chi connectivity index (χ3n) is 5.46. The summed E-state index contributed by atoms with van der Waals surface area (Å²) in [4.78, 5) is 5.82. The lowest BCUT2D eigenvalue weighted by molar-refractivity contribution is -0.212. The van der Waals surface area contributed by atoms with Gasteiger partial charge in [0.15, 0.2) is 0 Å². The minimum atomic E-state index is -3.88. The van der Waals surface area contributed by atoms with E-state index in [1.54, 1.807) is 37.3 Å². The van der Waals surface area contributed by atoms with Crippen LogP contribution in [0.4, 0.5) is 0 Å². The first-order valence-electron chi connectivity index (χ1n) is 9.65. The van der Waals surface area contributed by atoms with E-state index in [-0.39, 0.29) is 10.8 Å². The third-order valence-corrected chi connectivity index (χ3v) is 7.63. The van der Waals surface area contributed by atoms with Gasteiger partial charge in [-0.3, -0.25) is 4.84 Å². The SMILES string of the molecule is CON1CC(c2ccccc2)C(c2ccc(Cl)cc2)N1S(=O)(=O)c1ccccc1C. The Morgan fingerprint density at radius 3 is 2.17 bits per heavy atom. The molecule has 3 aromatic carbocycles. The average molecular weight is 443 g/mol. The highest BCUT2D eigenvalue weighted by molar-refractivity contribution is 7.89. The number of aryl methyl sites for hydroxylation is 1. The molecule has 1 aliphatic rings. The molecule has 7 heteroatoms. The molecular weight excluding hydrogens is 420 g/mol. The molecule has 1 saturated heterocycles. The van der Waals surface area contributed by atoms with Gasteiger partial charge in [0.2, 0.25) is 0 Å². The zero-order valence-electron chi connectivity index (χ0n) is 16.8. The maximum atomic E-state index is 13.8. The first-order chi connectivity index (χ1) is 14.4. The average Bonchev–Trinajstić information content (AvgIpc) is 3.16. The van der Waals surface area contributed by atoms with E-state index in [1.807, 2.05) is 48.5 Å². The number of nitrogens with zero attached hydrogens (tertiary/aromatic N) is 2. The number of hydrogen-bond donors (Lipinski definition) is 0. The molecule has 1 fully saturated rings. The number of benzene rings is 3. The summed E-state index contributed by atoms with van der Waals surface area (Å²) in [7, 11) is -2.39. The summed E-state index contributed by atoms with van der Waals surface area (Å²) >= 11 is 6.10. The van der Waals surface area contributed by atoms with Crippen LogP contribution in [0.5, 0.6) is 0 Å². The van der Waals surface area contributed by atoms with Crippen LogP contribution >= 0.6 is 11.6 Å². The van der Waals surface area contributed by atoms with Crippen molar-refractivity contribution in [3.8, 4) is 0 Å². The fourth-order valence-electron chi connectivity index (χ4n) is 4.02. The first kappa shape index (κ1) is 21.0. The Kier molecular flexibility index (Phi) is 5.95. The molecule has 0 saturated carbocycles. The van der Waals surface area contributed by atoms with Crippen LogP contribution in [0.3, 0.4) is 0 Å². The van der Waals surface area contributed by atoms with Gasteiger partial charge in [-0.1, -0.05) is 76.7 Å². The van der Waals surface area contributed by atoms with Crippen LogP contribution in [0.2, 0.25) is 5.02 Å². The van der Waals surface area contributed by atoms with Crippen LogP contribution in [-0.2, 0) is 14.9 Å². The van der Waals surface area contributed by atoms with E-state index in [4.69, 9.17) is 16.4 Å². The maximum absolute atomic E-state index is 13.8. The fraction of sp³-hybridized carbons (Fsp3) is 0.217. The summed E-state index contributed by atoms with van der Waals surface area (Å²) < 4.78 is 29.0. The molecule has 4 rings (SSSR count). The quantitative estimate of drug-likeness (QED) is 0.560. The molecule has 156 valence electrons. The van der Waals surface area contributed by atoms with Gasteiger partial charge in [-0.25, -0.2) is 8.42 Å². The second-order valence-corrected chi connectivity index (χ2v) is 9.47. The number of rotatable bonds is 5. The van der Waals surface area contributed by atoms with E-state index >= 15 is 0 Å². The Hall–Kier alpha value is -2.22. The lowest BCUT2D eigenvalue weighted by Gasteiger charge is -2.31. The maximum Gasteiger partial charge on any atom is 0.258 e. The molecule has 1 heterocycles. The number of halogens is 1. The summed E-state index contributed by atoms with van der Waals surface area (Å²) in [6.45, 7) is 2.20. The van der Waals surface area contributed by atoms with Crippen molar-refractivity contribution in [2.75, 3.05) is 13.7 Å². The summed E-state index contributed by atoms with van der Waals surface area (Å²) in [5, 5.41) is 2.04. The lowest BCUT2D eigenvalue weighted by atomic mass is 9.89. The Labute approximate surface area is 182 Å². The Bertz CT molecular complexity index is 1120. The van der Waals surface area contributed by atoms with Gasteiger partial charge in [0.25, 0.3) is 10.0 Å². The Morgan fingerprint density at radius 1 is 0.900 bits per heavy atom. The molecule has 2 unspecified atom stereocenters. The van der Waals surface area contributed by atoms with E-state index in [1.165, 1.54) is 16.7 Å². The lowest BCUT2D eigenvalue weighted by Crippen LogP contribution is -2.42. The van der Waals surface area contributed by atoms with Crippen molar-refractivity contribution in [3.05, 3.63) is 101 Å². The second-order valence-electron chi connectivity index (χ2n) is 7.27. The van der Waals surface area contributed by atoms with Crippen LogP contribution < -0.4 is 0 Å². The van der Waals surface area contributed by atoms with Gasteiger partial charge in [0.05, 0.1) is 24.6 Å². The predicted octanol–water partition coefficient (Wildman–Crippen LogP) is 4.96. The largest absolute Gasteiger partial charge is 0.286 e. The van der Waals surface area contributed by atoms with Gasteiger partial charge in [0.1, 0.15) is 0 Å². The highest BCUT2D eigenvalue weighted by atomic mass is 35.5. The smallest absolute Gasteiger partial charge is 0.258 e. The molecule has 0 radical (unpaired) electrons. The molecule has 3 aromatic rings. The van der Waals surface area contributed by atoms with Crippen molar-refractivity contribution in [2.24, 2.45) is 0 Å². The summed E-state index contributed by atoms with van der Waals surface area (Å²) in [6.07, 6.45) is 0. The van der Waals surface area contributed by atoms with Crippen molar-refractivity contribution in [1.82, 2.24) is 9.59 Å². The van der Waals surface area contributed by atoms with Gasteiger partial charge in [-0.2, -0.15) is 0 Å². The zero-order valence-corrected chi connectivity index (χ0v) is 18.3. The molecule has 1 aliphatic heterocycles. The second kappa shape index (κ2) is 8.49. The summed E-state index contributed by atoms with van der Waals surface area (Å²) in [5.74, 6) is -0.119. The number of hydrazine groups is 1. The minimum absolute atomic E-state index is 0.119. The fourth-order valence-corrected chi connectivity index (χ4v) is 6.01. The van der Waals surface area contributed by atoms with Crippen LogP contribution in [0, 0.1) is 6.92 Å². The van der Waals surface area contributed by atoms with Crippen molar-refractivity contribution < 1.29 is 13.3 Å². The Balaban J connectivity index is 1.89. The van der Waals surface area contributed by atoms with Crippen LogP contribution in [0.1, 0.15) is 28.7 Å². The van der Waals surface area contributed by atoms with Crippen molar-refractivity contribution in [2.45, 2.75) is 23.8 Å². The summed E-state index contributed by atoms with van der Waals surface area (Å²) in [6, 6.07) is 23.8. The molecule has 2 atom stereocenters. The molecule has 30 heavy (non-hydrogen) atoms. The molecule has 0 aliphatic carbocycles. The van der Waals surface area contributed by atoms with Crippen LogP contribution in [0.25, 0.3) is 0 Å². The minimum Gasteiger partial charge on any atom is -0.286 e. The van der Waals surface area contributed by atoms with E-state index in [0.717, 1.165) is 11.1 Å². The predicted molar refractivity (Wildman–Crippen MR) is 117 cm³/mol. The molecule has 0 bridgehead atoms.